The van der Waals surface area contributed by atoms with Gasteiger partial charge in [-0.3, -0.25) is 10.1 Å². The summed E-state index contributed by atoms with van der Waals surface area (Å²) < 4.78 is 10.0. The molecule has 1 aromatic carbocycles. The van der Waals surface area contributed by atoms with Crippen LogP contribution in [0.1, 0.15) is 5.56 Å². The SMILES string of the molecule is COc1cc([N+](=O)[O-])cc(C=NN=C(N)N)c1OCC(=O)O. The van der Waals surface area contributed by atoms with E-state index in [0.717, 1.165) is 18.3 Å². The maximum Gasteiger partial charge on any atom is 0.341 e. The number of nitro benzene ring substituents is 1. The number of non-ortho nitro benzene ring substituents is 1. The molecular formula is C11H13N5O6. The topological polar surface area (TPSA) is 176 Å². The number of benzene rings is 1. The van der Waals surface area contributed by atoms with E-state index < -0.39 is 17.5 Å². The Hall–Kier alpha value is -3.37. The molecule has 0 atom stereocenters. The molecule has 118 valence electrons. The number of nitro groups is 1. The number of methoxy groups -OCH3 is 1. The van der Waals surface area contributed by atoms with Crippen LogP contribution in [0.3, 0.4) is 0 Å². The van der Waals surface area contributed by atoms with Crippen molar-refractivity contribution in [2.45, 2.75) is 0 Å². The predicted octanol–water partition coefficient (Wildman–Crippen LogP) is -0.326. The van der Waals surface area contributed by atoms with E-state index in [1.54, 1.807) is 0 Å². The minimum Gasteiger partial charge on any atom is -0.493 e. The molecule has 11 nitrogen and oxygen atoms in total. The van der Waals surface area contributed by atoms with Gasteiger partial charge in [0.2, 0.25) is 5.96 Å². The first kappa shape index (κ1) is 16.7. The van der Waals surface area contributed by atoms with Crippen LogP contribution in [0.2, 0.25) is 0 Å². The van der Waals surface area contributed by atoms with Crippen LogP contribution in [0.4, 0.5) is 5.69 Å². The van der Waals surface area contributed by atoms with Gasteiger partial charge in [-0.15, -0.1) is 5.10 Å². The van der Waals surface area contributed by atoms with Crippen LogP contribution in [0, 0.1) is 10.1 Å². The zero-order chi connectivity index (χ0) is 16.7. The number of nitrogens with zero attached hydrogens (tertiary/aromatic N) is 3. The third-order valence-corrected chi connectivity index (χ3v) is 2.21. The van der Waals surface area contributed by atoms with Gasteiger partial charge in [0.1, 0.15) is 0 Å². The van der Waals surface area contributed by atoms with Crippen LogP contribution in [0.25, 0.3) is 0 Å². The molecule has 0 radical (unpaired) electrons. The van der Waals surface area contributed by atoms with Crippen molar-refractivity contribution in [3.63, 3.8) is 0 Å². The monoisotopic (exact) mass is 311 g/mol. The highest BCUT2D eigenvalue weighted by molar-refractivity contribution is 5.87. The average Bonchev–Trinajstić information content (AvgIpc) is 2.44. The Morgan fingerprint density at radius 2 is 2.18 bits per heavy atom. The summed E-state index contributed by atoms with van der Waals surface area (Å²) in [6.45, 7) is -0.669. The third-order valence-electron chi connectivity index (χ3n) is 2.21. The van der Waals surface area contributed by atoms with E-state index in [4.69, 9.17) is 26.0 Å². The first-order chi connectivity index (χ1) is 10.3. The molecule has 0 heterocycles. The molecule has 22 heavy (non-hydrogen) atoms. The summed E-state index contributed by atoms with van der Waals surface area (Å²) in [6.07, 6.45) is 1.08. The molecule has 0 aromatic heterocycles. The smallest absolute Gasteiger partial charge is 0.341 e. The highest BCUT2D eigenvalue weighted by atomic mass is 16.6. The fraction of sp³-hybridized carbons (Fsp3) is 0.182. The first-order valence-electron chi connectivity index (χ1n) is 5.68. The zero-order valence-electron chi connectivity index (χ0n) is 11.4. The highest BCUT2D eigenvalue weighted by Crippen LogP contribution is 2.34. The number of nitrogens with two attached hydrogens (primary N) is 2. The van der Waals surface area contributed by atoms with E-state index >= 15 is 0 Å². The van der Waals surface area contributed by atoms with Crippen LogP contribution in [0.15, 0.2) is 22.3 Å². The largest absolute Gasteiger partial charge is 0.493 e. The minimum atomic E-state index is -1.23. The summed E-state index contributed by atoms with van der Waals surface area (Å²) in [5, 5.41) is 26.4. The van der Waals surface area contributed by atoms with Gasteiger partial charge in [0.15, 0.2) is 18.1 Å². The number of aliphatic carboxylic acids is 1. The van der Waals surface area contributed by atoms with Gasteiger partial charge in [0, 0.05) is 11.6 Å². The lowest BCUT2D eigenvalue weighted by atomic mass is 10.1. The minimum absolute atomic E-state index is 0.0263. The Kier molecular flexibility index (Phi) is 5.63. The molecule has 0 saturated carbocycles. The van der Waals surface area contributed by atoms with Crippen molar-refractivity contribution in [2.75, 3.05) is 13.7 Å². The van der Waals surface area contributed by atoms with Crippen molar-refractivity contribution in [3.05, 3.63) is 27.8 Å². The normalized spacial score (nSPS) is 10.2. The Morgan fingerprint density at radius 3 is 2.68 bits per heavy atom. The first-order valence-corrected chi connectivity index (χ1v) is 5.68. The van der Waals surface area contributed by atoms with Gasteiger partial charge in [-0.05, 0) is 0 Å². The Balaban J connectivity index is 3.34. The maximum atomic E-state index is 10.9. The quantitative estimate of drug-likeness (QED) is 0.265. The van der Waals surface area contributed by atoms with Crippen LogP contribution in [-0.4, -0.2) is 41.9 Å². The fourth-order valence-corrected chi connectivity index (χ4v) is 1.41. The molecule has 0 fully saturated rings. The number of rotatable bonds is 7. The van der Waals surface area contributed by atoms with Crippen LogP contribution in [-0.2, 0) is 4.79 Å². The molecule has 11 heteroatoms. The zero-order valence-corrected chi connectivity index (χ0v) is 11.4. The van der Waals surface area contributed by atoms with E-state index in [-0.39, 0.29) is 28.7 Å². The van der Waals surface area contributed by atoms with Gasteiger partial charge in [0.25, 0.3) is 5.69 Å². The van der Waals surface area contributed by atoms with E-state index in [0.29, 0.717) is 0 Å². The van der Waals surface area contributed by atoms with Gasteiger partial charge in [-0.1, -0.05) is 0 Å². The molecule has 0 aliphatic heterocycles. The van der Waals surface area contributed by atoms with Crippen molar-refractivity contribution >= 4 is 23.8 Å². The van der Waals surface area contributed by atoms with Crippen LogP contribution >= 0.6 is 0 Å². The van der Waals surface area contributed by atoms with E-state index in [9.17, 15) is 14.9 Å². The van der Waals surface area contributed by atoms with Gasteiger partial charge >= 0.3 is 5.97 Å². The fourth-order valence-electron chi connectivity index (χ4n) is 1.41. The molecule has 0 bridgehead atoms. The molecular weight excluding hydrogens is 298 g/mol. The standard InChI is InChI=1S/C11H13N5O6/c1-21-8-3-7(16(19)20)2-6(4-14-15-11(12)13)10(8)22-5-9(17)18/h2-4H,5H2,1H3,(H,17,18)(H4,12,13,15). The number of hydrogen-bond acceptors (Lipinski definition) is 7. The van der Waals surface area contributed by atoms with Crippen molar-refractivity contribution in [2.24, 2.45) is 21.7 Å². The van der Waals surface area contributed by atoms with Gasteiger partial charge in [-0.2, -0.15) is 5.10 Å². The second-order valence-electron chi connectivity index (χ2n) is 3.78. The predicted molar refractivity (Wildman–Crippen MR) is 76.2 cm³/mol. The summed E-state index contributed by atoms with van der Waals surface area (Å²) in [6, 6.07) is 2.21. The van der Waals surface area contributed by atoms with Crippen LogP contribution < -0.4 is 20.9 Å². The molecule has 0 amide bonds. The molecule has 1 rings (SSSR count). The molecule has 0 saturated heterocycles. The molecule has 0 unspecified atom stereocenters. The highest BCUT2D eigenvalue weighted by Gasteiger charge is 2.18. The number of hydrogen-bond donors (Lipinski definition) is 3. The molecule has 5 N–H and O–H groups in total. The van der Waals surface area contributed by atoms with Crippen molar-refractivity contribution in [1.29, 1.82) is 0 Å². The van der Waals surface area contributed by atoms with Crippen molar-refractivity contribution < 1.29 is 24.3 Å². The lowest BCUT2D eigenvalue weighted by Gasteiger charge is -2.11. The number of carboxylic acid groups (broad SMARTS) is 1. The Bertz CT molecular complexity index is 638. The Morgan fingerprint density at radius 1 is 1.50 bits per heavy atom. The van der Waals surface area contributed by atoms with Gasteiger partial charge < -0.3 is 26.0 Å². The summed E-state index contributed by atoms with van der Waals surface area (Å²) in [4.78, 5) is 20.8. The summed E-state index contributed by atoms with van der Waals surface area (Å²) in [5.74, 6) is -1.61. The second kappa shape index (κ2) is 7.42. The van der Waals surface area contributed by atoms with E-state index in [2.05, 4.69) is 10.2 Å². The lowest BCUT2D eigenvalue weighted by molar-refractivity contribution is -0.385. The number of ether oxygens (including phenoxy) is 2. The molecule has 1 aromatic rings. The summed E-state index contributed by atoms with van der Waals surface area (Å²) in [7, 11) is 1.25. The summed E-state index contributed by atoms with van der Waals surface area (Å²) in [5.41, 5.74) is 9.98. The van der Waals surface area contributed by atoms with Crippen LogP contribution in [0.5, 0.6) is 11.5 Å². The average molecular weight is 311 g/mol. The maximum absolute atomic E-state index is 10.9. The van der Waals surface area contributed by atoms with Gasteiger partial charge in [-0.25, -0.2) is 4.79 Å². The molecule has 0 aliphatic carbocycles. The second-order valence-corrected chi connectivity index (χ2v) is 3.78. The number of carboxylic acids is 1. The Labute approximate surface area is 124 Å². The number of carbonyl (C=O) groups is 1. The van der Waals surface area contributed by atoms with Crippen molar-refractivity contribution in [1.82, 2.24) is 0 Å². The van der Waals surface area contributed by atoms with Gasteiger partial charge in [0.05, 0.1) is 24.3 Å². The lowest BCUT2D eigenvalue weighted by Crippen LogP contribution is -2.21. The van der Waals surface area contributed by atoms with E-state index in [1.807, 2.05) is 0 Å². The molecule has 0 aliphatic rings. The summed E-state index contributed by atoms with van der Waals surface area (Å²) >= 11 is 0. The number of guanidine groups is 1. The van der Waals surface area contributed by atoms with Crippen molar-refractivity contribution in [3.8, 4) is 11.5 Å². The third kappa shape index (κ3) is 4.63. The van der Waals surface area contributed by atoms with E-state index in [1.165, 1.54) is 7.11 Å². The molecule has 0 spiro atoms.